The first-order valence-corrected chi connectivity index (χ1v) is 8.31. The largest absolute Gasteiger partial charge is 0.475 e. The molecule has 1 aromatic heterocycles. The van der Waals surface area contributed by atoms with E-state index in [9.17, 15) is 0 Å². The molecule has 3 unspecified atom stereocenters. The van der Waals surface area contributed by atoms with Crippen LogP contribution in [0.2, 0.25) is 0 Å². The van der Waals surface area contributed by atoms with Gasteiger partial charge in [-0.15, -0.1) is 4.37 Å². The van der Waals surface area contributed by atoms with Crippen LogP contribution in [0.1, 0.15) is 43.7 Å². The van der Waals surface area contributed by atoms with Gasteiger partial charge in [-0.3, -0.25) is 0 Å². The summed E-state index contributed by atoms with van der Waals surface area (Å²) in [5, 5.41) is 0. The molecule has 0 N–H and O–H groups in total. The quantitative estimate of drug-likeness (QED) is 0.849. The first kappa shape index (κ1) is 12.1. The summed E-state index contributed by atoms with van der Waals surface area (Å²) in [5.41, 5.74) is 1.15. The molecule has 1 aliphatic carbocycles. The summed E-state index contributed by atoms with van der Waals surface area (Å²) >= 11 is 1.32. The van der Waals surface area contributed by atoms with Crippen LogP contribution in [0.25, 0.3) is 0 Å². The van der Waals surface area contributed by atoms with Crippen molar-refractivity contribution >= 4 is 11.7 Å². The number of hydrogen-bond donors (Lipinski definition) is 0. The number of piperidine rings is 1. The average Bonchev–Trinajstić information content (AvgIpc) is 2.92. The van der Waals surface area contributed by atoms with Crippen LogP contribution in [0.5, 0.6) is 5.88 Å². The van der Waals surface area contributed by atoms with Gasteiger partial charge in [0.1, 0.15) is 5.69 Å². The fraction of sp³-hybridized carbons (Fsp3) is 0.857. The van der Waals surface area contributed by atoms with E-state index < -0.39 is 0 Å². The first-order valence-electron chi connectivity index (χ1n) is 7.58. The van der Waals surface area contributed by atoms with Crippen molar-refractivity contribution in [1.82, 2.24) is 13.6 Å². The van der Waals surface area contributed by atoms with E-state index >= 15 is 0 Å². The third-order valence-corrected chi connectivity index (χ3v) is 5.61. The Bertz CT molecular complexity index is 446. The fourth-order valence-corrected chi connectivity index (χ4v) is 4.26. The van der Waals surface area contributed by atoms with Gasteiger partial charge >= 0.3 is 0 Å². The number of ether oxygens (including phenoxy) is 1. The summed E-state index contributed by atoms with van der Waals surface area (Å²) in [5.74, 6) is 2.96. The fourth-order valence-electron chi connectivity index (χ4n) is 3.69. The van der Waals surface area contributed by atoms with Crippen LogP contribution < -0.4 is 4.74 Å². The molecule has 1 saturated carbocycles. The summed E-state index contributed by atoms with van der Waals surface area (Å²) in [6.45, 7) is 4.53. The molecule has 5 heteroatoms. The van der Waals surface area contributed by atoms with E-state index in [0.717, 1.165) is 36.6 Å². The second-order valence-electron chi connectivity index (χ2n) is 6.33. The molecule has 0 spiro atoms. The number of hydrogen-bond acceptors (Lipinski definition) is 5. The van der Waals surface area contributed by atoms with Crippen molar-refractivity contribution < 1.29 is 4.74 Å². The molecule has 3 heterocycles. The van der Waals surface area contributed by atoms with Crippen molar-refractivity contribution in [3.63, 3.8) is 0 Å². The molecule has 4 rings (SSSR count). The Balaban J connectivity index is 1.46. The van der Waals surface area contributed by atoms with Crippen molar-refractivity contribution in [3.8, 4) is 5.88 Å². The molecule has 4 nitrogen and oxygen atoms in total. The molecule has 19 heavy (non-hydrogen) atoms. The van der Waals surface area contributed by atoms with Gasteiger partial charge in [0.05, 0.1) is 18.3 Å². The lowest BCUT2D eigenvalue weighted by molar-refractivity contribution is 0.174. The number of nitrogens with zero attached hydrogens (tertiary/aromatic N) is 3. The van der Waals surface area contributed by atoms with Crippen molar-refractivity contribution in [3.05, 3.63) is 5.69 Å². The van der Waals surface area contributed by atoms with Gasteiger partial charge < -0.3 is 9.64 Å². The Morgan fingerprint density at radius 1 is 1.16 bits per heavy atom. The van der Waals surface area contributed by atoms with E-state index in [1.54, 1.807) is 0 Å². The lowest BCUT2D eigenvalue weighted by Gasteiger charge is -2.25. The number of aromatic nitrogens is 2. The minimum Gasteiger partial charge on any atom is -0.475 e. The van der Waals surface area contributed by atoms with E-state index in [2.05, 4.69) is 13.6 Å². The summed E-state index contributed by atoms with van der Waals surface area (Å²) in [6.07, 6.45) is 6.72. The van der Waals surface area contributed by atoms with Crippen molar-refractivity contribution in [2.75, 3.05) is 26.2 Å². The van der Waals surface area contributed by atoms with Gasteiger partial charge in [-0.2, -0.15) is 4.37 Å². The lowest BCUT2D eigenvalue weighted by atomic mass is 9.86. The van der Waals surface area contributed by atoms with Crippen LogP contribution in [-0.2, 0) is 0 Å². The number of rotatable bonds is 4. The van der Waals surface area contributed by atoms with Gasteiger partial charge in [0.15, 0.2) is 0 Å². The smallest absolute Gasteiger partial charge is 0.249 e. The highest BCUT2D eigenvalue weighted by atomic mass is 32.1. The molecule has 3 aliphatic rings. The molecule has 2 aliphatic heterocycles. The topological polar surface area (TPSA) is 38.3 Å². The third-order valence-electron chi connectivity index (χ3n) is 5.08. The number of fused-ring (bicyclic) bond motifs is 2. The normalized spacial score (nSPS) is 34.2. The summed E-state index contributed by atoms with van der Waals surface area (Å²) in [6, 6.07) is 0. The van der Waals surface area contributed by atoms with Crippen LogP contribution in [0.15, 0.2) is 0 Å². The van der Waals surface area contributed by atoms with E-state index in [-0.39, 0.29) is 0 Å². The van der Waals surface area contributed by atoms with Gasteiger partial charge in [-0.05, 0) is 44.1 Å². The van der Waals surface area contributed by atoms with Gasteiger partial charge in [-0.1, -0.05) is 6.42 Å². The standard InChI is InChI=1S/C14H21N3OS/c1-3-10(4-1)9-18-14-13(15-19-16-14)12-8-17-6-2-5-11(12)7-17/h10-12H,1-9H2. The van der Waals surface area contributed by atoms with Gasteiger partial charge in [-0.25, -0.2) is 0 Å². The Kier molecular flexibility index (Phi) is 3.19. The minimum atomic E-state index is 0.567. The van der Waals surface area contributed by atoms with E-state index in [4.69, 9.17) is 4.74 Å². The predicted octanol–water partition coefficient (Wildman–Crippen LogP) is 2.53. The lowest BCUT2D eigenvalue weighted by Crippen LogP contribution is -2.25. The molecular formula is C14H21N3OS. The molecule has 1 aromatic rings. The first-order chi connectivity index (χ1) is 9.40. The zero-order chi connectivity index (χ0) is 12.7. The highest BCUT2D eigenvalue weighted by molar-refractivity contribution is 6.99. The Morgan fingerprint density at radius 2 is 2.11 bits per heavy atom. The average molecular weight is 279 g/mol. The molecule has 0 radical (unpaired) electrons. The molecule has 0 amide bonds. The van der Waals surface area contributed by atoms with Gasteiger partial charge in [0.2, 0.25) is 5.88 Å². The Labute approximate surface area is 118 Å². The maximum atomic E-state index is 5.96. The zero-order valence-corrected chi connectivity index (χ0v) is 12.1. The van der Waals surface area contributed by atoms with Gasteiger partial charge in [0, 0.05) is 19.0 Å². The second kappa shape index (κ2) is 5.02. The van der Waals surface area contributed by atoms with Crippen LogP contribution >= 0.6 is 11.7 Å². The zero-order valence-electron chi connectivity index (χ0n) is 11.3. The van der Waals surface area contributed by atoms with E-state index in [1.165, 1.54) is 56.9 Å². The molecule has 0 aromatic carbocycles. The van der Waals surface area contributed by atoms with Crippen LogP contribution in [0, 0.1) is 11.8 Å². The van der Waals surface area contributed by atoms with E-state index in [0.29, 0.717) is 5.92 Å². The molecule has 3 atom stereocenters. The molecule has 2 bridgehead atoms. The summed E-state index contributed by atoms with van der Waals surface area (Å²) in [7, 11) is 0. The summed E-state index contributed by atoms with van der Waals surface area (Å²) in [4.78, 5) is 2.58. The maximum Gasteiger partial charge on any atom is 0.249 e. The Hall–Kier alpha value is -0.680. The molecule has 2 saturated heterocycles. The molecule has 104 valence electrons. The highest BCUT2D eigenvalue weighted by Crippen LogP contribution is 2.41. The minimum absolute atomic E-state index is 0.567. The van der Waals surface area contributed by atoms with Crippen LogP contribution in [0.4, 0.5) is 0 Å². The van der Waals surface area contributed by atoms with Crippen LogP contribution in [0.3, 0.4) is 0 Å². The SMILES string of the molecule is C1CC(COc2nsnc2C2CN3CCCC2C3)C1. The van der Waals surface area contributed by atoms with E-state index in [1.807, 2.05) is 0 Å². The Morgan fingerprint density at radius 3 is 2.89 bits per heavy atom. The van der Waals surface area contributed by atoms with Crippen molar-refractivity contribution in [2.24, 2.45) is 11.8 Å². The second-order valence-corrected chi connectivity index (χ2v) is 6.86. The van der Waals surface area contributed by atoms with Crippen molar-refractivity contribution in [1.29, 1.82) is 0 Å². The summed E-state index contributed by atoms with van der Waals surface area (Å²) < 4.78 is 14.9. The predicted molar refractivity (Wildman–Crippen MR) is 74.7 cm³/mol. The maximum absolute atomic E-state index is 5.96. The molecular weight excluding hydrogens is 258 g/mol. The highest BCUT2D eigenvalue weighted by Gasteiger charge is 2.39. The molecule has 3 fully saturated rings. The third kappa shape index (κ3) is 2.27. The van der Waals surface area contributed by atoms with Crippen molar-refractivity contribution in [2.45, 2.75) is 38.0 Å². The monoisotopic (exact) mass is 279 g/mol. The van der Waals surface area contributed by atoms with Gasteiger partial charge in [0.25, 0.3) is 0 Å². The van der Waals surface area contributed by atoms with Crippen LogP contribution in [-0.4, -0.2) is 39.9 Å².